The van der Waals surface area contributed by atoms with Crippen LogP contribution in [-0.2, 0) is 13.2 Å². The summed E-state index contributed by atoms with van der Waals surface area (Å²) in [6.07, 6.45) is 1.98. The van der Waals surface area contributed by atoms with Crippen molar-refractivity contribution in [3.05, 3.63) is 102 Å². The lowest BCUT2D eigenvalue weighted by molar-refractivity contribution is 0.308. The van der Waals surface area contributed by atoms with E-state index >= 15 is 0 Å². The van der Waals surface area contributed by atoms with Crippen molar-refractivity contribution in [3.8, 4) is 5.75 Å². The number of rotatable bonds is 5. The van der Waals surface area contributed by atoms with Gasteiger partial charge < -0.3 is 9.30 Å². The smallest absolute Gasteiger partial charge is 0.132 e. The third-order valence-corrected chi connectivity index (χ3v) is 4.25. The Morgan fingerprint density at radius 1 is 0.800 bits per heavy atom. The molecule has 2 nitrogen and oxygen atoms in total. The third-order valence-electron chi connectivity index (χ3n) is 4.25. The molecule has 4 aromatic rings. The second-order valence-corrected chi connectivity index (χ2v) is 6.04. The number of ether oxygens (including phenoxy) is 1. The van der Waals surface area contributed by atoms with E-state index in [1.165, 1.54) is 11.6 Å². The largest absolute Gasteiger partial charge is 0.488 e. The number of aromatic nitrogens is 1. The molecule has 3 aromatic carbocycles. The monoisotopic (exact) mass is 331 g/mol. The fourth-order valence-electron chi connectivity index (χ4n) is 3.00. The Morgan fingerprint density at radius 2 is 1.48 bits per heavy atom. The predicted octanol–water partition coefficient (Wildman–Crippen LogP) is 5.41. The van der Waals surface area contributed by atoms with Gasteiger partial charge in [0.05, 0.1) is 5.52 Å². The van der Waals surface area contributed by atoms with Crippen LogP contribution in [0.5, 0.6) is 5.75 Å². The number of halogens is 1. The number of hydrogen-bond donors (Lipinski definition) is 0. The summed E-state index contributed by atoms with van der Waals surface area (Å²) in [4.78, 5) is 0. The third kappa shape index (κ3) is 3.41. The van der Waals surface area contributed by atoms with Crippen LogP contribution in [0.15, 0.2) is 85.1 Å². The van der Waals surface area contributed by atoms with Crippen molar-refractivity contribution in [2.45, 2.75) is 13.2 Å². The molecule has 0 fully saturated rings. The standard InChI is InChI=1S/C22H18FNO/c23-19-13-21-20(11-12-24(21)15-17-7-3-1-4-8-17)22(14-19)25-16-18-9-5-2-6-10-18/h1-14H,15-16H2. The van der Waals surface area contributed by atoms with Gasteiger partial charge in [-0.2, -0.15) is 0 Å². The van der Waals surface area contributed by atoms with Crippen LogP contribution in [0.3, 0.4) is 0 Å². The number of hydrogen-bond acceptors (Lipinski definition) is 1. The van der Waals surface area contributed by atoms with Gasteiger partial charge >= 0.3 is 0 Å². The first-order chi connectivity index (χ1) is 12.3. The van der Waals surface area contributed by atoms with Crippen molar-refractivity contribution >= 4 is 10.9 Å². The van der Waals surface area contributed by atoms with E-state index in [2.05, 4.69) is 12.1 Å². The molecule has 3 heteroatoms. The van der Waals surface area contributed by atoms with Crippen molar-refractivity contribution in [2.24, 2.45) is 0 Å². The summed E-state index contributed by atoms with van der Waals surface area (Å²) in [6, 6.07) is 25.0. The second-order valence-electron chi connectivity index (χ2n) is 6.04. The fourth-order valence-corrected chi connectivity index (χ4v) is 3.00. The molecule has 25 heavy (non-hydrogen) atoms. The maximum atomic E-state index is 14.1. The number of nitrogens with zero attached hydrogens (tertiary/aromatic N) is 1. The molecule has 0 aliphatic rings. The first kappa shape index (κ1) is 15.5. The zero-order valence-corrected chi connectivity index (χ0v) is 13.7. The Kier molecular flexibility index (Phi) is 4.21. The van der Waals surface area contributed by atoms with Crippen LogP contribution in [0.4, 0.5) is 4.39 Å². The van der Waals surface area contributed by atoms with E-state index in [4.69, 9.17) is 4.74 Å². The average molecular weight is 331 g/mol. The molecule has 0 bridgehead atoms. The summed E-state index contributed by atoms with van der Waals surface area (Å²) < 4.78 is 22.1. The summed E-state index contributed by atoms with van der Waals surface area (Å²) in [5.74, 6) is 0.286. The molecular formula is C22H18FNO. The Labute approximate surface area is 146 Å². The summed E-state index contributed by atoms with van der Waals surface area (Å²) in [5, 5.41) is 0.924. The maximum Gasteiger partial charge on any atom is 0.132 e. The summed E-state index contributed by atoms with van der Waals surface area (Å²) in [6.45, 7) is 1.12. The zero-order valence-electron chi connectivity index (χ0n) is 13.7. The van der Waals surface area contributed by atoms with Gasteiger partial charge in [-0.3, -0.25) is 0 Å². The minimum absolute atomic E-state index is 0.288. The van der Waals surface area contributed by atoms with Crippen LogP contribution in [0.2, 0.25) is 0 Å². The van der Waals surface area contributed by atoms with E-state index in [1.807, 2.05) is 65.4 Å². The van der Waals surface area contributed by atoms with E-state index in [1.54, 1.807) is 6.07 Å². The van der Waals surface area contributed by atoms with Gasteiger partial charge in [-0.25, -0.2) is 4.39 Å². The SMILES string of the molecule is Fc1cc(OCc2ccccc2)c2ccn(Cc3ccccc3)c2c1. The molecule has 4 rings (SSSR count). The summed E-state index contributed by atoms with van der Waals surface area (Å²) in [5.41, 5.74) is 3.08. The molecule has 1 aromatic heterocycles. The molecule has 0 aliphatic carbocycles. The van der Waals surface area contributed by atoms with Gasteiger partial charge in [0.25, 0.3) is 0 Å². The van der Waals surface area contributed by atoms with E-state index < -0.39 is 0 Å². The Morgan fingerprint density at radius 3 is 2.20 bits per heavy atom. The molecule has 0 radical (unpaired) electrons. The molecule has 0 amide bonds. The normalized spacial score (nSPS) is 10.9. The molecule has 124 valence electrons. The van der Waals surface area contributed by atoms with Crippen LogP contribution in [0.1, 0.15) is 11.1 Å². The molecule has 0 saturated heterocycles. The molecule has 0 saturated carbocycles. The van der Waals surface area contributed by atoms with Gasteiger partial charge in [-0.1, -0.05) is 60.7 Å². The highest BCUT2D eigenvalue weighted by Gasteiger charge is 2.10. The van der Waals surface area contributed by atoms with Crippen LogP contribution in [-0.4, -0.2) is 4.57 Å². The summed E-state index contributed by atoms with van der Waals surface area (Å²) >= 11 is 0. The molecule has 0 unspecified atom stereocenters. The number of benzene rings is 3. The Bertz CT molecular complexity index is 977. The zero-order chi connectivity index (χ0) is 17.1. The van der Waals surface area contributed by atoms with Crippen molar-refractivity contribution in [1.29, 1.82) is 0 Å². The van der Waals surface area contributed by atoms with Gasteiger partial charge in [0.1, 0.15) is 18.2 Å². The van der Waals surface area contributed by atoms with Gasteiger partial charge in [0, 0.05) is 24.2 Å². The molecule has 1 heterocycles. The topological polar surface area (TPSA) is 14.2 Å². The predicted molar refractivity (Wildman–Crippen MR) is 98.2 cm³/mol. The minimum Gasteiger partial charge on any atom is -0.488 e. The molecule has 0 atom stereocenters. The van der Waals surface area contributed by atoms with Crippen LogP contribution in [0, 0.1) is 5.82 Å². The van der Waals surface area contributed by atoms with Crippen LogP contribution < -0.4 is 4.74 Å². The Hall–Kier alpha value is -3.07. The lowest BCUT2D eigenvalue weighted by Crippen LogP contribution is -1.99. The maximum absolute atomic E-state index is 14.1. The molecular weight excluding hydrogens is 313 g/mol. The van der Waals surface area contributed by atoms with Gasteiger partial charge in [-0.05, 0) is 23.3 Å². The van der Waals surface area contributed by atoms with Gasteiger partial charge in [0.15, 0.2) is 0 Å². The number of fused-ring (bicyclic) bond motifs is 1. The molecule has 0 N–H and O–H groups in total. The lowest BCUT2D eigenvalue weighted by Gasteiger charge is -2.10. The van der Waals surface area contributed by atoms with Crippen molar-refractivity contribution in [2.75, 3.05) is 0 Å². The average Bonchev–Trinajstić information content (AvgIpc) is 3.04. The molecule has 0 aliphatic heterocycles. The van der Waals surface area contributed by atoms with Crippen molar-refractivity contribution < 1.29 is 9.13 Å². The highest BCUT2D eigenvalue weighted by molar-refractivity contribution is 5.86. The highest BCUT2D eigenvalue weighted by Crippen LogP contribution is 2.29. The van der Waals surface area contributed by atoms with E-state index in [9.17, 15) is 4.39 Å². The highest BCUT2D eigenvalue weighted by atomic mass is 19.1. The van der Waals surface area contributed by atoms with E-state index in [-0.39, 0.29) is 5.82 Å². The van der Waals surface area contributed by atoms with E-state index in [0.717, 1.165) is 16.5 Å². The Balaban J connectivity index is 1.64. The first-order valence-electron chi connectivity index (χ1n) is 8.28. The molecule has 0 spiro atoms. The van der Waals surface area contributed by atoms with E-state index in [0.29, 0.717) is 18.9 Å². The van der Waals surface area contributed by atoms with Crippen molar-refractivity contribution in [1.82, 2.24) is 4.57 Å². The van der Waals surface area contributed by atoms with Crippen LogP contribution >= 0.6 is 0 Å². The van der Waals surface area contributed by atoms with Crippen LogP contribution in [0.25, 0.3) is 10.9 Å². The lowest BCUT2D eigenvalue weighted by atomic mass is 10.2. The quantitative estimate of drug-likeness (QED) is 0.477. The van der Waals surface area contributed by atoms with Gasteiger partial charge in [-0.15, -0.1) is 0 Å². The van der Waals surface area contributed by atoms with Gasteiger partial charge in [0.2, 0.25) is 0 Å². The fraction of sp³-hybridized carbons (Fsp3) is 0.0909. The summed E-state index contributed by atoms with van der Waals surface area (Å²) in [7, 11) is 0. The minimum atomic E-state index is -0.288. The first-order valence-corrected chi connectivity index (χ1v) is 8.28. The second kappa shape index (κ2) is 6.81. The van der Waals surface area contributed by atoms with Crippen molar-refractivity contribution in [3.63, 3.8) is 0 Å².